The summed E-state index contributed by atoms with van der Waals surface area (Å²) in [6.07, 6.45) is -0.837. The van der Waals surface area contributed by atoms with Gasteiger partial charge in [0.25, 0.3) is 0 Å². The van der Waals surface area contributed by atoms with Gasteiger partial charge in [0.15, 0.2) is 0 Å². The average molecular weight is 213 g/mol. The zero-order valence-electron chi connectivity index (χ0n) is 8.78. The van der Waals surface area contributed by atoms with Crippen molar-refractivity contribution in [3.63, 3.8) is 0 Å². The van der Waals surface area contributed by atoms with Crippen LogP contribution in [-0.4, -0.2) is 29.7 Å². The standard InChI is InChI=1S/C9H15N3O3/c1-6(2)5-7(12-9(14)15)8(13)11-4-3-10/h6-7,12H,4-5H2,1-2H3,(H,11,13)(H,14,15). The number of nitrogens with zero attached hydrogens (tertiary/aromatic N) is 1. The first-order chi connectivity index (χ1) is 6.97. The Balaban J connectivity index is 4.28. The van der Waals surface area contributed by atoms with E-state index in [9.17, 15) is 9.59 Å². The summed E-state index contributed by atoms with van der Waals surface area (Å²) < 4.78 is 0. The third-order valence-corrected chi connectivity index (χ3v) is 1.66. The summed E-state index contributed by atoms with van der Waals surface area (Å²) in [7, 11) is 0. The highest BCUT2D eigenvalue weighted by Gasteiger charge is 2.20. The first kappa shape index (κ1) is 13.2. The fourth-order valence-corrected chi connectivity index (χ4v) is 1.10. The molecule has 3 N–H and O–H groups in total. The zero-order chi connectivity index (χ0) is 11.8. The van der Waals surface area contributed by atoms with Gasteiger partial charge in [-0.05, 0) is 12.3 Å². The Morgan fingerprint density at radius 3 is 2.47 bits per heavy atom. The van der Waals surface area contributed by atoms with E-state index in [1.807, 2.05) is 13.8 Å². The molecule has 15 heavy (non-hydrogen) atoms. The highest BCUT2D eigenvalue weighted by molar-refractivity contribution is 5.85. The van der Waals surface area contributed by atoms with Crippen LogP contribution >= 0.6 is 0 Å². The molecule has 84 valence electrons. The summed E-state index contributed by atoms with van der Waals surface area (Å²) in [4.78, 5) is 21.8. The van der Waals surface area contributed by atoms with Gasteiger partial charge >= 0.3 is 6.09 Å². The molecule has 1 unspecified atom stereocenters. The molecule has 0 saturated heterocycles. The van der Waals surface area contributed by atoms with Crippen LogP contribution in [0.15, 0.2) is 0 Å². The molecule has 0 rings (SSSR count). The Kier molecular flexibility index (Phi) is 5.86. The van der Waals surface area contributed by atoms with Crippen LogP contribution in [0, 0.1) is 17.2 Å². The lowest BCUT2D eigenvalue weighted by atomic mass is 10.0. The quantitative estimate of drug-likeness (QED) is 0.572. The van der Waals surface area contributed by atoms with Crippen molar-refractivity contribution in [2.24, 2.45) is 5.92 Å². The zero-order valence-corrected chi connectivity index (χ0v) is 8.78. The van der Waals surface area contributed by atoms with Crippen molar-refractivity contribution in [2.45, 2.75) is 26.3 Å². The van der Waals surface area contributed by atoms with Crippen LogP contribution in [-0.2, 0) is 4.79 Å². The molecule has 0 heterocycles. The van der Waals surface area contributed by atoms with Crippen molar-refractivity contribution in [2.75, 3.05) is 6.54 Å². The molecule has 0 aromatic rings. The van der Waals surface area contributed by atoms with Gasteiger partial charge in [-0.1, -0.05) is 13.8 Å². The first-order valence-electron chi connectivity index (χ1n) is 4.61. The summed E-state index contributed by atoms with van der Waals surface area (Å²) in [5.41, 5.74) is 0. The number of hydrogen-bond donors (Lipinski definition) is 3. The van der Waals surface area contributed by atoms with Crippen molar-refractivity contribution in [3.05, 3.63) is 0 Å². The second-order valence-electron chi connectivity index (χ2n) is 3.51. The molecule has 0 spiro atoms. The van der Waals surface area contributed by atoms with E-state index in [4.69, 9.17) is 10.4 Å². The van der Waals surface area contributed by atoms with E-state index in [0.29, 0.717) is 6.42 Å². The third kappa shape index (κ3) is 6.32. The second-order valence-corrected chi connectivity index (χ2v) is 3.51. The smallest absolute Gasteiger partial charge is 0.405 e. The SMILES string of the molecule is CC(C)CC(NC(=O)O)C(=O)NCC#N. The molecule has 1 atom stereocenters. The number of amides is 2. The second kappa shape index (κ2) is 6.65. The van der Waals surface area contributed by atoms with Crippen molar-refractivity contribution in [3.8, 4) is 6.07 Å². The molecule has 0 aliphatic carbocycles. The fraction of sp³-hybridized carbons (Fsp3) is 0.667. The van der Waals surface area contributed by atoms with Gasteiger partial charge in [0.05, 0.1) is 6.07 Å². The van der Waals surface area contributed by atoms with Crippen LogP contribution in [0.3, 0.4) is 0 Å². The Hall–Kier alpha value is -1.77. The molecular formula is C9H15N3O3. The van der Waals surface area contributed by atoms with Crippen molar-refractivity contribution < 1.29 is 14.7 Å². The minimum atomic E-state index is -1.24. The number of carbonyl (C=O) groups excluding carboxylic acids is 1. The molecule has 0 fully saturated rings. The van der Waals surface area contributed by atoms with E-state index in [1.165, 1.54) is 0 Å². The topological polar surface area (TPSA) is 102 Å². The number of carboxylic acid groups (broad SMARTS) is 1. The van der Waals surface area contributed by atoms with E-state index >= 15 is 0 Å². The maximum Gasteiger partial charge on any atom is 0.405 e. The molecule has 2 amide bonds. The third-order valence-electron chi connectivity index (χ3n) is 1.66. The van der Waals surface area contributed by atoms with Gasteiger partial charge in [-0.2, -0.15) is 5.26 Å². The molecule has 0 saturated carbocycles. The summed E-state index contributed by atoms with van der Waals surface area (Å²) in [5, 5.41) is 21.2. The van der Waals surface area contributed by atoms with Gasteiger partial charge in [0, 0.05) is 0 Å². The number of rotatable bonds is 5. The molecule has 0 radical (unpaired) electrons. The van der Waals surface area contributed by atoms with Crippen molar-refractivity contribution in [1.82, 2.24) is 10.6 Å². The molecule has 0 aliphatic rings. The largest absolute Gasteiger partial charge is 0.465 e. The highest BCUT2D eigenvalue weighted by atomic mass is 16.4. The number of carbonyl (C=O) groups is 2. The van der Waals surface area contributed by atoms with Gasteiger partial charge in [-0.3, -0.25) is 4.79 Å². The lowest BCUT2D eigenvalue weighted by molar-refractivity contribution is -0.123. The molecule has 6 nitrogen and oxygen atoms in total. The van der Waals surface area contributed by atoms with E-state index < -0.39 is 18.0 Å². The van der Waals surface area contributed by atoms with Gasteiger partial charge in [0.1, 0.15) is 12.6 Å². The first-order valence-corrected chi connectivity index (χ1v) is 4.61. The summed E-state index contributed by atoms with van der Waals surface area (Å²) in [6, 6.07) is 0.957. The highest BCUT2D eigenvalue weighted by Crippen LogP contribution is 2.04. The van der Waals surface area contributed by atoms with E-state index in [0.717, 1.165) is 0 Å². The molecular weight excluding hydrogens is 198 g/mol. The monoisotopic (exact) mass is 213 g/mol. The fourth-order valence-electron chi connectivity index (χ4n) is 1.10. The minimum absolute atomic E-state index is 0.116. The van der Waals surface area contributed by atoms with Crippen molar-refractivity contribution in [1.29, 1.82) is 5.26 Å². The summed E-state index contributed by atoms with van der Waals surface area (Å²) in [5.74, 6) is -0.276. The maximum atomic E-state index is 11.4. The average Bonchev–Trinajstić information content (AvgIpc) is 2.11. The van der Waals surface area contributed by atoms with E-state index in [2.05, 4.69) is 10.6 Å². The molecule has 0 bridgehead atoms. The molecule has 0 aromatic carbocycles. The Morgan fingerprint density at radius 2 is 2.07 bits per heavy atom. The minimum Gasteiger partial charge on any atom is -0.465 e. The lowest BCUT2D eigenvalue weighted by Gasteiger charge is -2.17. The van der Waals surface area contributed by atoms with Gasteiger partial charge in [-0.15, -0.1) is 0 Å². The van der Waals surface area contributed by atoms with Gasteiger partial charge in [0.2, 0.25) is 5.91 Å². The normalized spacial score (nSPS) is 11.6. The maximum absolute atomic E-state index is 11.4. The Bertz CT molecular complexity index is 270. The Morgan fingerprint density at radius 1 is 1.47 bits per heavy atom. The number of nitrogens with one attached hydrogen (secondary N) is 2. The van der Waals surface area contributed by atoms with Crippen molar-refractivity contribution >= 4 is 12.0 Å². The van der Waals surface area contributed by atoms with Crippen LogP contribution < -0.4 is 10.6 Å². The van der Waals surface area contributed by atoms with Crippen LogP contribution in [0.1, 0.15) is 20.3 Å². The van der Waals surface area contributed by atoms with E-state index in [-0.39, 0.29) is 12.5 Å². The van der Waals surface area contributed by atoms with Crippen LogP contribution in [0.5, 0.6) is 0 Å². The molecule has 0 aliphatic heterocycles. The number of nitriles is 1. The summed E-state index contributed by atoms with van der Waals surface area (Å²) >= 11 is 0. The predicted octanol–water partition coefficient (Wildman–Crippen LogP) is 0.308. The van der Waals surface area contributed by atoms with Gasteiger partial charge < -0.3 is 15.7 Å². The Labute approximate surface area is 88.3 Å². The molecule has 6 heteroatoms. The van der Waals surface area contributed by atoms with E-state index in [1.54, 1.807) is 6.07 Å². The molecule has 0 aromatic heterocycles. The van der Waals surface area contributed by atoms with Gasteiger partial charge in [-0.25, -0.2) is 4.79 Å². The van der Waals surface area contributed by atoms with Crippen LogP contribution in [0.4, 0.5) is 4.79 Å². The van der Waals surface area contributed by atoms with Crippen LogP contribution in [0.25, 0.3) is 0 Å². The number of hydrogen-bond acceptors (Lipinski definition) is 3. The lowest BCUT2D eigenvalue weighted by Crippen LogP contribution is -2.47. The summed E-state index contributed by atoms with van der Waals surface area (Å²) in [6.45, 7) is 3.65. The predicted molar refractivity (Wildman–Crippen MR) is 53.0 cm³/mol. The van der Waals surface area contributed by atoms with Crippen LogP contribution in [0.2, 0.25) is 0 Å².